The highest BCUT2D eigenvalue weighted by Crippen LogP contribution is 2.48. The topological polar surface area (TPSA) is 74.0 Å². The van der Waals surface area contributed by atoms with Gasteiger partial charge in [0.2, 0.25) is 0 Å². The predicted octanol–water partition coefficient (Wildman–Crippen LogP) is 3.07. The van der Waals surface area contributed by atoms with E-state index in [2.05, 4.69) is 4.98 Å². The molecule has 0 N–H and O–H groups in total. The molecule has 1 unspecified atom stereocenters. The zero-order valence-electron chi connectivity index (χ0n) is 12.3. The van der Waals surface area contributed by atoms with Gasteiger partial charge in [0.25, 0.3) is 6.01 Å². The van der Waals surface area contributed by atoms with E-state index in [0.29, 0.717) is 12.6 Å². The van der Waals surface area contributed by atoms with Crippen LogP contribution in [-0.4, -0.2) is 38.9 Å². The van der Waals surface area contributed by atoms with Gasteiger partial charge in [-0.25, -0.2) is 4.57 Å². The van der Waals surface area contributed by atoms with Crippen molar-refractivity contribution in [1.82, 2.24) is 4.98 Å². The number of fused-ring (bicyclic) bond motifs is 1. The van der Waals surface area contributed by atoms with Crippen LogP contribution in [0, 0.1) is 0 Å². The van der Waals surface area contributed by atoms with Gasteiger partial charge in [-0.2, -0.15) is 4.98 Å². The number of rotatable bonds is 8. The van der Waals surface area contributed by atoms with Crippen molar-refractivity contribution in [2.24, 2.45) is 0 Å². The van der Waals surface area contributed by atoms with Crippen LogP contribution in [0.2, 0.25) is 0 Å². The van der Waals surface area contributed by atoms with Gasteiger partial charge in [0.05, 0.1) is 13.2 Å². The summed E-state index contributed by atoms with van der Waals surface area (Å²) in [6.45, 7) is 2.58. The minimum Gasteiger partial charge on any atom is -0.423 e. The SMILES string of the molecule is CCOP(=O)(OC)OCCN(C)c1nc2ccccc2o1. The van der Waals surface area contributed by atoms with E-state index < -0.39 is 7.82 Å². The van der Waals surface area contributed by atoms with Crippen LogP contribution in [0.3, 0.4) is 0 Å². The molecule has 0 amide bonds. The number of nitrogens with zero attached hydrogens (tertiary/aromatic N) is 2. The fourth-order valence-electron chi connectivity index (χ4n) is 1.71. The van der Waals surface area contributed by atoms with E-state index in [4.69, 9.17) is 18.0 Å². The summed E-state index contributed by atoms with van der Waals surface area (Å²) in [7, 11) is -0.349. The standard InChI is InChI=1S/C13H19N2O5P/c1-4-18-21(16,17-3)19-10-9-15(2)13-14-11-7-5-6-8-12(11)20-13/h5-8H,4,9-10H2,1-3H3. The predicted molar refractivity (Wildman–Crippen MR) is 79.5 cm³/mol. The van der Waals surface area contributed by atoms with Gasteiger partial charge >= 0.3 is 7.82 Å². The first-order valence-electron chi connectivity index (χ1n) is 6.59. The van der Waals surface area contributed by atoms with E-state index in [1.54, 1.807) is 11.8 Å². The van der Waals surface area contributed by atoms with Gasteiger partial charge in [-0.1, -0.05) is 12.1 Å². The molecule has 0 saturated carbocycles. The Hall–Kier alpha value is -1.40. The minimum absolute atomic E-state index is 0.167. The molecule has 0 aliphatic carbocycles. The van der Waals surface area contributed by atoms with Gasteiger partial charge in [-0.3, -0.25) is 13.6 Å². The molecular formula is C13H19N2O5P. The third kappa shape index (κ3) is 4.04. The molecule has 116 valence electrons. The second kappa shape index (κ2) is 7.04. The number of anilines is 1. The Morgan fingerprint density at radius 1 is 1.33 bits per heavy atom. The van der Waals surface area contributed by atoms with Gasteiger partial charge in [0.15, 0.2) is 5.58 Å². The van der Waals surface area contributed by atoms with Crippen molar-refractivity contribution in [3.63, 3.8) is 0 Å². The maximum atomic E-state index is 11.9. The number of phosphoric acid groups is 1. The van der Waals surface area contributed by atoms with Crippen molar-refractivity contribution in [3.05, 3.63) is 24.3 Å². The molecule has 0 saturated heterocycles. The van der Waals surface area contributed by atoms with Crippen molar-refractivity contribution >= 4 is 24.9 Å². The molecule has 1 aromatic carbocycles. The largest absolute Gasteiger partial charge is 0.474 e. The Morgan fingerprint density at radius 2 is 2.10 bits per heavy atom. The molecular weight excluding hydrogens is 295 g/mol. The Bertz CT molecular complexity index is 597. The van der Waals surface area contributed by atoms with Crippen LogP contribution in [0.1, 0.15) is 6.92 Å². The number of likely N-dealkylation sites (N-methyl/N-ethyl adjacent to an activating group) is 1. The molecule has 2 rings (SSSR count). The summed E-state index contributed by atoms with van der Waals surface area (Å²) in [5.41, 5.74) is 1.51. The number of hydrogen-bond acceptors (Lipinski definition) is 7. The average molecular weight is 314 g/mol. The number of hydrogen-bond donors (Lipinski definition) is 0. The number of benzene rings is 1. The highest BCUT2D eigenvalue weighted by Gasteiger charge is 2.24. The zero-order chi connectivity index (χ0) is 15.3. The summed E-state index contributed by atoms with van der Waals surface area (Å²) in [5.74, 6) is 0. The summed E-state index contributed by atoms with van der Waals surface area (Å²) < 4.78 is 32.5. The lowest BCUT2D eigenvalue weighted by Gasteiger charge is -2.18. The van der Waals surface area contributed by atoms with Crippen LogP contribution in [-0.2, 0) is 18.1 Å². The lowest BCUT2D eigenvalue weighted by Crippen LogP contribution is -2.22. The molecule has 0 fully saturated rings. The van der Waals surface area contributed by atoms with E-state index in [1.807, 2.05) is 31.3 Å². The molecule has 0 bridgehead atoms. The summed E-state index contributed by atoms with van der Waals surface area (Å²) in [4.78, 5) is 6.13. The summed E-state index contributed by atoms with van der Waals surface area (Å²) in [5, 5.41) is 0. The second-order valence-electron chi connectivity index (χ2n) is 4.27. The third-order valence-electron chi connectivity index (χ3n) is 2.80. The Kier molecular flexibility index (Phi) is 5.36. The van der Waals surface area contributed by atoms with Crippen molar-refractivity contribution in [1.29, 1.82) is 0 Å². The van der Waals surface area contributed by atoms with E-state index in [-0.39, 0.29) is 13.2 Å². The molecule has 2 aromatic rings. The normalized spacial score (nSPS) is 14.2. The molecule has 0 aliphatic heterocycles. The van der Waals surface area contributed by atoms with Crippen LogP contribution in [0.4, 0.5) is 6.01 Å². The number of aromatic nitrogens is 1. The average Bonchev–Trinajstić information content (AvgIpc) is 2.91. The molecule has 0 spiro atoms. The molecule has 1 heterocycles. The van der Waals surface area contributed by atoms with Crippen LogP contribution in [0.5, 0.6) is 0 Å². The first-order chi connectivity index (χ1) is 10.1. The number of oxazole rings is 1. The monoisotopic (exact) mass is 314 g/mol. The van der Waals surface area contributed by atoms with Crippen LogP contribution >= 0.6 is 7.82 Å². The molecule has 1 atom stereocenters. The quantitative estimate of drug-likeness (QED) is 0.693. The van der Waals surface area contributed by atoms with Crippen molar-refractivity contribution in [3.8, 4) is 0 Å². The summed E-state index contributed by atoms with van der Waals surface area (Å²) >= 11 is 0. The molecule has 7 nitrogen and oxygen atoms in total. The fourth-order valence-corrected chi connectivity index (χ4v) is 2.62. The van der Waals surface area contributed by atoms with E-state index in [1.165, 1.54) is 7.11 Å². The maximum absolute atomic E-state index is 11.9. The van der Waals surface area contributed by atoms with E-state index in [9.17, 15) is 4.57 Å². The number of phosphoric ester groups is 1. The van der Waals surface area contributed by atoms with Crippen LogP contribution in [0.15, 0.2) is 28.7 Å². The van der Waals surface area contributed by atoms with Gasteiger partial charge in [0, 0.05) is 20.7 Å². The van der Waals surface area contributed by atoms with Gasteiger partial charge in [-0.05, 0) is 19.1 Å². The lowest BCUT2D eigenvalue weighted by atomic mass is 10.3. The molecule has 21 heavy (non-hydrogen) atoms. The van der Waals surface area contributed by atoms with Gasteiger partial charge < -0.3 is 9.32 Å². The van der Waals surface area contributed by atoms with Crippen LogP contribution in [0.25, 0.3) is 11.1 Å². The maximum Gasteiger partial charge on any atom is 0.474 e. The van der Waals surface area contributed by atoms with E-state index in [0.717, 1.165) is 11.1 Å². The molecule has 1 aromatic heterocycles. The van der Waals surface area contributed by atoms with Crippen LogP contribution < -0.4 is 4.90 Å². The first kappa shape index (κ1) is 16.0. The smallest absolute Gasteiger partial charge is 0.423 e. The highest BCUT2D eigenvalue weighted by molar-refractivity contribution is 7.48. The summed E-state index contributed by atoms with van der Waals surface area (Å²) in [6.07, 6.45) is 0. The molecule has 8 heteroatoms. The van der Waals surface area contributed by atoms with Crippen molar-refractivity contribution in [2.45, 2.75) is 6.92 Å². The Labute approximate surface area is 123 Å². The Morgan fingerprint density at radius 3 is 2.76 bits per heavy atom. The summed E-state index contributed by atoms with van der Waals surface area (Å²) in [6, 6.07) is 7.99. The molecule has 0 radical (unpaired) electrons. The van der Waals surface area contributed by atoms with Crippen molar-refractivity contribution in [2.75, 3.05) is 38.8 Å². The zero-order valence-corrected chi connectivity index (χ0v) is 13.2. The minimum atomic E-state index is -3.45. The third-order valence-corrected chi connectivity index (χ3v) is 4.32. The fraction of sp³-hybridized carbons (Fsp3) is 0.462. The Balaban J connectivity index is 1.92. The molecule has 0 aliphatic rings. The van der Waals surface area contributed by atoms with Gasteiger partial charge in [-0.15, -0.1) is 0 Å². The lowest BCUT2D eigenvalue weighted by molar-refractivity contribution is 0.138. The number of para-hydroxylation sites is 2. The van der Waals surface area contributed by atoms with Crippen molar-refractivity contribution < 1.29 is 22.6 Å². The van der Waals surface area contributed by atoms with E-state index >= 15 is 0 Å². The second-order valence-corrected chi connectivity index (χ2v) is 6.04. The highest BCUT2D eigenvalue weighted by atomic mass is 31.2. The van der Waals surface area contributed by atoms with Gasteiger partial charge in [0.1, 0.15) is 5.52 Å². The first-order valence-corrected chi connectivity index (χ1v) is 8.05.